The highest BCUT2D eigenvalue weighted by molar-refractivity contribution is 7.88. The number of nitrogens with one attached hydrogen (secondary N) is 2. The second-order valence-electron chi connectivity index (χ2n) is 6.80. The van der Waals surface area contributed by atoms with Gasteiger partial charge in [-0.15, -0.1) is 0 Å². The molecule has 25 heavy (non-hydrogen) atoms. The molecule has 1 amide bonds. The summed E-state index contributed by atoms with van der Waals surface area (Å²) >= 11 is 0. The third-order valence-electron chi connectivity index (χ3n) is 3.28. The van der Waals surface area contributed by atoms with Crippen molar-refractivity contribution in [3.05, 3.63) is 35.4 Å². The third-order valence-corrected chi connectivity index (χ3v) is 4.80. The van der Waals surface area contributed by atoms with E-state index < -0.39 is 10.0 Å². The fourth-order valence-electron chi connectivity index (χ4n) is 2.24. The Hall–Kier alpha value is -1.44. The topological polar surface area (TPSA) is 84.5 Å². The van der Waals surface area contributed by atoms with Gasteiger partial charge < -0.3 is 10.1 Å². The summed E-state index contributed by atoms with van der Waals surface area (Å²) in [6, 6.07) is 7.08. The largest absolute Gasteiger partial charge is 0.381 e. The summed E-state index contributed by atoms with van der Waals surface area (Å²) in [5, 5.41) is 2.82. The van der Waals surface area contributed by atoms with E-state index in [2.05, 4.69) is 23.9 Å². The lowest BCUT2D eigenvalue weighted by atomic mass is 10.1. The van der Waals surface area contributed by atoms with Crippen LogP contribution in [-0.4, -0.2) is 33.6 Å². The smallest absolute Gasteiger partial charge is 0.222 e. The van der Waals surface area contributed by atoms with Crippen molar-refractivity contribution >= 4 is 15.9 Å². The number of amides is 1. The van der Waals surface area contributed by atoms with Gasteiger partial charge in [0.05, 0.1) is 12.4 Å². The summed E-state index contributed by atoms with van der Waals surface area (Å²) in [5.74, 6) is 0.229. The van der Waals surface area contributed by atoms with Crippen LogP contribution in [0, 0.1) is 5.92 Å². The van der Waals surface area contributed by atoms with Crippen molar-refractivity contribution in [2.24, 2.45) is 5.92 Å². The fraction of sp³-hybridized carbons (Fsp3) is 0.611. The van der Waals surface area contributed by atoms with Crippen molar-refractivity contribution in [2.45, 2.75) is 52.5 Å². The Bertz CT molecular complexity index is 642. The number of rotatable bonds is 11. The molecule has 142 valence electrons. The van der Waals surface area contributed by atoms with Gasteiger partial charge in [-0.3, -0.25) is 4.79 Å². The molecule has 0 heterocycles. The monoisotopic (exact) mass is 370 g/mol. The summed E-state index contributed by atoms with van der Waals surface area (Å²) in [6.07, 6.45) is 0.294. The number of hydrogen-bond acceptors (Lipinski definition) is 4. The molecule has 0 aliphatic rings. The molecule has 0 spiro atoms. The fourth-order valence-corrected chi connectivity index (χ4v) is 3.73. The summed E-state index contributed by atoms with van der Waals surface area (Å²) < 4.78 is 32.2. The van der Waals surface area contributed by atoms with Crippen LogP contribution >= 0.6 is 0 Å². The van der Waals surface area contributed by atoms with E-state index in [4.69, 9.17) is 4.74 Å². The van der Waals surface area contributed by atoms with Crippen LogP contribution in [0.5, 0.6) is 0 Å². The molecule has 0 fully saturated rings. The average molecular weight is 371 g/mol. The van der Waals surface area contributed by atoms with E-state index in [0.717, 1.165) is 5.56 Å². The van der Waals surface area contributed by atoms with E-state index >= 15 is 0 Å². The van der Waals surface area contributed by atoms with Gasteiger partial charge >= 0.3 is 0 Å². The van der Waals surface area contributed by atoms with Gasteiger partial charge in [-0.05, 0) is 30.9 Å². The highest BCUT2D eigenvalue weighted by Crippen LogP contribution is 2.12. The van der Waals surface area contributed by atoms with E-state index in [-0.39, 0.29) is 17.7 Å². The number of hydrogen-bond donors (Lipinski definition) is 2. The van der Waals surface area contributed by atoms with Crippen LogP contribution < -0.4 is 10.0 Å². The van der Waals surface area contributed by atoms with Crippen LogP contribution in [0.25, 0.3) is 0 Å². The Morgan fingerprint density at radius 2 is 1.76 bits per heavy atom. The van der Waals surface area contributed by atoms with E-state index in [9.17, 15) is 13.2 Å². The molecule has 0 atom stereocenters. The quantitative estimate of drug-likeness (QED) is 0.585. The lowest BCUT2D eigenvalue weighted by molar-refractivity contribution is -0.122. The Balaban J connectivity index is 2.55. The average Bonchev–Trinajstić information content (AvgIpc) is 2.48. The first-order valence-electron chi connectivity index (χ1n) is 8.61. The Kier molecular flexibility index (Phi) is 9.10. The molecule has 0 aliphatic carbocycles. The number of carbonyl (C=O) groups is 1. The van der Waals surface area contributed by atoms with Gasteiger partial charge in [-0.1, -0.05) is 38.1 Å². The molecule has 0 unspecified atom stereocenters. The molecule has 0 aromatic heterocycles. The van der Waals surface area contributed by atoms with Gasteiger partial charge in [-0.25, -0.2) is 13.1 Å². The maximum atomic E-state index is 12.1. The molecule has 1 aromatic rings. The van der Waals surface area contributed by atoms with Crippen molar-refractivity contribution < 1.29 is 17.9 Å². The van der Waals surface area contributed by atoms with Crippen LogP contribution in [0.1, 0.15) is 45.2 Å². The number of sulfonamides is 1. The molecular formula is C18H30N2O4S. The molecule has 2 N–H and O–H groups in total. The zero-order chi connectivity index (χ0) is 18.9. The van der Waals surface area contributed by atoms with E-state index in [1.165, 1.54) is 0 Å². The molecule has 0 radical (unpaired) electrons. The van der Waals surface area contributed by atoms with Gasteiger partial charge in [0.25, 0.3) is 0 Å². The highest BCUT2D eigenvalue weighted by atomic mass is 32.2. The molecule has 0 saturated heterocycles. The lowest BCUT2D eigenvalue weighted by Crippen LogP contribution is -2.32. The van der Waals surface area contributed by atoms with E-state index in [1.807, 2.05) is 12.1 Å². The van der Waals surface area contributed by atoms with Crippen LogP contribution in [0.3, 0.4) is 0 Å². The molecule has 0 aliphatic heterocycles. The second-order valence-corrected chi connectivity index (χ2v) is 8.55. The molecular weight excluding hydrogens is 340 g/mol. The van der Waals surface area contributed by atoms with Crippen molar-refractivity contribution in [2.75, 3.05) is 13.2 Å². The predicted molar refractivity (Wildman–Crippen MR) is 99.5 cm³/mol. The SMILES string of the molecule is CC(C)COCCC(=O)NCc1ccccc1CS(=O)(=O)NC(C)C. The summed E-state index contributed by atoms with van der Waals surface area (Å²) in [7, 11) is -3.40. The lowest BCUT2D eigenvalue weighted by Gasteiger charge is -2.13. The molecule has 1 aromatic carbocycles. The maximum absolute atomic E-state index is 12.1. The standard InChI is InChI=1S/C18H30N2O4S/c1-14(2)12-24-10-9-18(21)19-11-16-7-5-6-8-17(16)13-25(22,23)20-15(3)4/h5-8,14-15,20H,9-13H2,1-4H3,(H,19,21). The van der Waals surface area contributed by atoms with Crippen LogP contribution in [-0.2, 0) is 31.9 Å². The van der Waals surface area contributed by atoms with Crippen molar-refractivity contribution in [1.82, 2.24) is 10.0 Å². The Morgan fingerprint density at radius 3 is 2.36 bits per heavy atom. The minimum Gasteiger partial charge on any atom is -0.381 e. The normalized spacial score (nSPS) is 11.9. The first-order valence-corrected chi connectivity index (χ1v) is 10.3. The minimum atomic E-state index is -3.40. The Morgan fingerprint density at radius 1 is 1.12 bits per heavy atom. The number of carbonyl (C=O) groups excluding carboxylic acids is 1. The maximum Gasteiger partial charge on any atom is 0.222 e. The van der Waals surface area contributed by atoms with Crippen LogP contribution in [0.15, 0.2) is 24.3 Å². The van der Waals surface area contributed by atoms with Crippen molar-refractivity contribution in [3.63, 3.8) is 0 Å². The molecule has 1 rings (SSSR count). The minimum absolute atomic E-state index is 0.102. The zero-order valence-electron chi connectivity index (χ0n) is 15.5. The van der Waals surface area contributed by atoms with Crippen molar-refractivity contribution in [3.8, 4) is 0 Å². The van der Waals surface area contributed by atoms with Gasteiger partial charge in [-0.2, -0.15) is 0 Å². The van der Waals surface area contributed by atoms with Gasteiger partial charge in [0.1, 0.15) is 0 Å². The van der Waals surface area contributed by atoms with Crippen LogP contribution in [0.2, 0.25) is 0 Å². The van der Waals surface area contributed by atoms with Gasteiger partial charge in [0.15, 0.2) is 0 Å². The summed E-state index contributed by atoms with van der Waals surface area (Å²) in [5.41, 5.74) is 1.49. The van der Waals surface area contributed by atoms with Gasteiger partial charge in [0, 0.05) is 25.6 Å². The predicted octanol–water partition coefficient (Wildman–Crippen LogP) is 2.19. The first-order chi connectivity index (χ1) is 11.7. The molecule has 7 heteroatoms. The summed E-state index contributed by atoms with van der Waals surface area (Å²) in [6.45, 7) is 9.00. The number of ether oxygens (including phenoxy) is 1. The van der Waals surface area contributed by atoms with E-state index in [0.29, 0.717) is 37.7 Å². The Labute approximate surface area is 151 Å². The second kappa shape index (κ2) is 10.5. The molecule has 0 saturated carbocycles. The highest BCUT2D eigenvalue weighted by Gasteiger charge is 2.15. The number of benzene rings is 1. The molecule has 0 bridgehead atoms. The van der Waals surface area contributed by atoms with Crippen molar-refractivity contribution in [1.29, 1.82) is 0 Å². The summed E-state index contributed by atoms with van der Waals surface area (Å²) in [4.78, 5) is 11.9. The zero-order valence-corrected chi connectivity index (χ0v) is 16.4. The van der Waals surface area contributed by atoms with Gasteiger partial charge in [0.2, 0.25) is 15.9 Å². The van der Waals surface area contributed by atoms with Crippen LogP contribution in [0.4, 0.5) is 0 Å². The third kappa shape index (κ3) is 9.57. The molecule has 6 nitrogen and oxygen atoms in total. The van der Waals surface area contributed by atoms with E-state index in [1.54, 1.807) is 26.0 Å². The first kappa shape index (κ1) is 21.6.